The Morgan fingerprint density at radius 2 is 1.62 bits per heavy atom. The van der Waals surface area contributed by atoms with Crippen molar-refractivity contribution in [1.82, 2.24) is 0 Å². The average Bonchev–Trinajstić information content (AvgIpc) is 2.19. The molecule has 1 nitrogen and oxygen atoms in total. The Morgan fingerprint density at radius 3 is 2.25 bits per heavy atom. The second-order valence-corrected chi connectivity index (χ2v) is 4.18. The van der Waals surface area contributed by atoms with E-state index >= 15 is 0 Å². The van der Waals surface area contributed by atoms with Crippen LogP contribution in [0.1, 0.15) is 25.3 Å². The van der Waals surface area contributed by atoms with Crippen LogP contribution in [0.15, 0.2) is 24.3 Å². The van der Waals surface area contributed by atoms with Crippen LogP contribution in [0.3, 0.4) is 0 Å². The van der Waals surface area contributed by atoms with Gasteiger partial charge in [-0.25, -0.2) is 8.78 Å². The lowest BCUT2D eigenvalue weighted by Gasteiger charge is -2.11. The number of phenols is 1. The first-order valence-electron chi connectivity index (χ1n) is 5.10. The molecule has 0 amide bonds. The zero-order valence-electron chi connectivity index (χ0n) is 9.09. The Kier molecular flexibility index (Phi) is 2.54. The number of benzene rings is 2. The lowest BCUT2D eigenvalue weighted by molar-refractivity contribution is 0.475. The highest BCUT2D eigenvalue weighted by Gasteiger charge is 2.11. The molecular formula is C13H12F2O. The van der Waals surface area contributed by atoms with Gasteiger partial charge < -0.3 is 5.11 Å². The van der Waals surface area contributed by atoms with Gasteiger partial charge >= 0.3 is 0 Å². The molecule has 0 radical (unpaired) electrons. The fourth-order valence-electron chi connectivity index (χ4n) is 1.85. The predicted octanol–water partition coefficient (Wildman–Crippen LogP) is 3.95. The van der Waals surface area contributed by atoms with Crippen LogP contribution in [-0.2, 0) is 0 Å². The smallest absolute Gasteiger partial charge is 0.159 e. The summed E-state index contributed by atoms with van der Waals surface area (Å²) in [5, 5.41) is 10.7. The third-order valence-electron chi connectivity index (χ3n) is 2.63. The summed E-state index contributed by atoms with van der Waals surface area (Å²) in [7, 11) is 0. The zero-order valence-corrected chi connectivity index (χ0v) is 9.09. The molecular weight excluding hydrogens is 210 g/mol. The van der Waals surface area contributed by atoms with Gasteiger partial charge in [-0.15, -0.1) is 0 Å². The van der Waals surface area contributed by atoms with Crippen molar-refractivity contribution in [2.24, 2.45) is 0 Å². The maximum atomic E-state index is 13.2. The molecule has 0 bridgehead atoms. The fourth-order valence-corrected chi connectivity index (χ4v) is 1.85. The molecule has 0 saturated carbocycles. The third-order valence-corrected chi connectivity index (χ3v) is 2.63. The minimum atomic E-state index is -0.896. The molecule has 2 rings (SSSR count). The predicted molar refractivity (Wildman–Crippen MR) is 59.6 cm³/mol. The molecule has 0 atom stereocenters. The SMILES string of the molecule is CC(C)c1cc(O)cc2cc(F)c(F)cc12. The van der Waals surface area contributed by atoms with Gasteiger partial charge in [-0.05, 0) is 46.5 Å². The van der Waals surface area contributed by atoms with Crippen LogP contribution >= 0.6 is 0 Å². The fraction of sp³-hybridized carbons (Fsp3) is 0.231. The lowest BCUT2D eigenvalue weighted by atomic mass is 9.95. The zero-order chi connectivity index (χ0) is 11.9. The van der Waals surface area contributed by atoms with Gasteiger partial charge in [0.25, 0.3) is 0 Å². The van der Waals surface area contributed by atoms with Crippen LogP contribution < -0.4 is 0 Å². The molecule has 0 aliphatic heterocycles. The first-order chi connectivity index (χ1) is 7.49. The van der Waals surface area contributed by atoms with Crippen molar-refractivity contribution in [3.63, 3.8) is 0 Å². The van der Waals surface area contributed by atoms with Crippen LogP contribution in [0.2, 0.25) is 0 Å². The highest BCUT2D eigenvalue weighted by molar-refractivity contribution is 5.87. The summed E-state index contributed by atoms with van der Waals surface area (Å²) in [6.45, 7) is 3.88. The Bertz CT molecular complexity index is 547. The topological polar surface area (TPSA) is 20.2 Å². The van der Waals surface area contributed by atoms with Gasteiger partial charge in [-0.2, -0.15) is 0 Å². The molecule has 0 saturated heterocycles. The molecule has 0 spiro atoms. The highest BCUT2D eigenvalue weighted by Crippen LogP contribution is 2.31. The molecule has 84 valence electrons. The van der Waals surface area contributed by atoms with Crippen LogP contribution in [0.5, 0.6) is 5.75 Å². The van der Waals surface area contributed by atoms with Gasteiger partial charge in [-0.3, -0.25) is 0 Å². The number of hydrogen-bond acceptors (Lipinski definition) is 1. The van der Waals surface area contributed by atoms with E-state index in [9.17, 15) is 13.9 Å². The van der Waals surface area contributed by atoms with Gasteiger partial charge in [0.05, 0.1) is 0 Å². The van der Waals surface area contributed by atoms with E-state index in [1.54, 1.807) is 6.07 Å². The second-order valence-electron chi connectivity index (χ2n) is 4.18. The van der Waals surface area contributed by atoms with Gasteiger partial charge in [0.1, 0.15) is 5.75 Å². The maximum absolute atomic E-state index is 13.2. The van der Waals surface area contributed by atoms with Crippen LogP contribution in [0.4, 0.5) is 8.78 Å². The minimum Gasteiger partial charge on any atom is -0.508 e. The van der Waals surface area contributed by atoms with Gasteiger partial charge in [0.2, 0.25) is 0 Å². The van der Waals surface area contributed by atoms with Crippen molar-refractivity contribution in [2.75, 3.05) is 0 Å². The number of rotatable bonds is 1. The monoisotopic (exact) mass is 222 g/mol. The Balaban J connectivity index is 2.85. The van der Waals surface area contributed by atoms with Gasteiger partial charge in [0, 0.05) is 0 Å². The second kappa shape index (κ2) is 3.74. The summed E-state index contributed by atoms with van der Waals surface area (Å²) in [5.41, 5.74) is 0.814. The maximum Gasteiger partial charge on any atom is 0.159 e. The number of hydrogen-bond donors (Lipinski definition) is 1. The van der Waals surface area contributed by atoms with E-state index in [0.717, 1.165) is 11.6 Å². The molecule has 16 heavy (non-hydrogen) atoms. The molecule has 0 aliphatic carbocycles. The molecule has 1 N–H and O–H groups in total. The number of aromatic hydroxyl groups is 1. The van der Waals surface area contributed by atoms with E-state index in [1.807, 2.05) is 13.8 Å². The summed E-state index contributed by atoms with van der Waals surface area (Å²) in [6.07, 6.45) is 0. The van der Waals surface area contributed by atoms with E-state index in [4.69, 9.17) is 0 Å². The van der Waals surface area contributed by atoms with E-state index in [0.29, 0.717) is 10.8 Å². The van der Waals surface area contributed by atoms with Crippen molar-refractivity contribution in [2.45, 2.75) is 19.8 Å². The first kappa shape index (κ1) is 10.9. The molecule has 0 unspecified atom stereocenters. The molecule has 0 aliphatic rings. The Morgan fingerprint density at radius 1 is 1.00 bits per heavy atom. The summed E-state index contributed by atoms with van der Waals surface area (Å²) in [5.74, 6) is -1.55. The Hall–Kier alpha value is -1.64. The Labute approximate surface area is 92.3 Å². The molecule has 0 aromatic heterocycles. The van der Waals surface area contributed by atoms with Crippen molar-refractivity contribution < 1.29 is 13.9 Å². The summed E-state index contributed by atoms with van der Waals surface area (Å²) in [6, 6.07) is 5.31. The lowest BCUT2D eigenvalue weighted by Crippen LogP contribution is -1.92. The molecule has 2 aromatic carbocycles. The quantitative estimate of drug-likeness (QED) is 0.774. The number of halogens is 2. The summed E-state index contributed by atoms with van der Waals surface area (Å²) >= 11 is 0. The van der Waals surface area contributed by atoms with Crippen LogP contribution in [0.25, 0.3) is 10.8 Å². The van der Waals surface area contributed by atoms with E-state index in [-0.39, 0.29) is 11.7 Å². The minimum absolute atomic E-state index is 0.0715. The van der Waals surface area contributed by atoms with Gasteiger partial charge in [-0.1, -0.05) is 13.8 Å². The third kappa shape index (κ3) is 1.73. The largest absolute Gasteiger partial charge is 0.508 e. The van der Waals surface area contributed by atoms with Crippen LogP contribution in [-0.4, -0.2) is 5.11 Å². The van der Waals surface area contributed by atoms with Crippen molar-refractivity contribution in [1.29, 1.82) is 0 Å². The van der Waals surface area contributed by atoms with E-state index < -0.39 is 11.6 Å². The average molecular weight is 222 g/mol. The summed E-state index contributed by atoms with van der Waals surface area (Å²) < 4.78 is 26.2. The molecule has 0 fully saturated rings. The standard InChI is InChI=1S/C13H12F2O/c1-7(2)10-5-9(16)3-8-4-12(14)13(15)6-11(8)10/h3-7,16H,1-2H3. The normalized spacial score (nSPS) is 11.3. The van der Waals surface area contributed by atoms with Gasteiger partial charge in [0.15, 0.2) is 11.6 Å². The van der Waals surface area contributed by atoms with Crippen molar-refractivity contribution >= 4 is 10.8 Å². The van der Waals surface area contributed by atoms with Crippen molar-refractivity contribution in [3.8, 4) is 5.75 Å². The first-order valence-corrected chi connectivity index (χ1v) is 5.10. The number of fused-ring (bicyclic) bond motifs is 1. The van der Waals surface area contributed by atoms with Crippen molar-refractivity contribution in [3.05, 3.63) is 41.5 Å². The van der Waals surface area contributed by atoms with E-state index in [1.165, 1.54) is 12.1 Å². The van der Waals surface area contributed by atoms with E-state index in [2.05, 4.69) is 0 Å². The molecule has 2 aromatic rings. The summed E-state index contributed by atoms with van der Waals surface area (Å²) in [4.78, 5) is 0. The highest BCUT2D eigenvalue weighted by atomic mass is 19.2. The molecule has 0 heterocycles. The van der Waals surface area contributed by atoms with Crippen LogP contribution in [0, 0.1) is 11.6 Å². The number of phenolic OH excluding ortho intramolecular Hbond substituents is 1. The molecule has 3 heteroatoms.